The zero-order valence-corrected chi connectivity index (χ0v) is 14.4. The summed E-state index contributed by atoms with van der Waals surface area (Å²) in [7, 11) is 0. The Morgan fingerprint density at radius 2 is 1.72 bits per heavy atom. The molecule has 7 nitrogen and oxygen atoms in total. The van der Waals surface area contributed by atoms with Crippen LogP contribution in [0.15, 0.2) is 46.1 Å². The normalized spacial score (nSPS) is 15.3. The van der Waals surface area contributed by atoms with Crippen molar-refractivity contribution in [3.63, 3.8) is 0 Å². The van der Waals surface area contributed by atoms with Crippen LogP contribution < -0.4 is 11.2 Å². The van der Waals surface area contributed by atoms with E-state index in [0.717, 1.165) is 24.7 Å². The highest BCUT2D eigenvalue weighted by atomic mass is 35.5. The Kier molecular flexibility index (Phi) is 5.35. The molecule has 3 rings (SSSR count). The molecule has 1 aliphatic heterocycles. The lowest BCUT2D eigenvalue weighted by atomic mass is 10.2. The van der Waals surface area contributed by atoms with Gasteiger partial charge in [0.25, 0.3) is 5.56 Å². The molecular weight excluding hydrogens is 344 g/mol. The number of carbonyl (C=O) groups excluding carboxylic acids is 1. The molecule has 0 unspecified atom stereocenters. The molecule has 1 amide bonds. The van der Waals surface area contributed by atoms with Crippen molar-refractivity contribution in [1.29, 1.82) is 0 Å². The van der Waals surface area contributed by atoms with Gasteiger partial charge in [0.2, 0.25) is 5.91 Å². The standard InChI is InChI=1S/C17H19ClN4O3/c18-14-3-1-13(2-4-14)11-20-7-9-21(10-8-20)16(24)12-22-6-5-15(23)19-17(22)25/h1-6H,7-12H2,(H,19,23,25). The van der Waals surface area contributed by atoms with Crippen molar-refractivity contribution in [2.75, 3.05) is 26.2 Å². The van der Waals surface area contributed by atoms with Gasteiger partial charge < -0.3 is 4.90 Å². The fraction of sp³-hybridized carbons (Fsp3) is 0.353. The molecule has 2 heterocycles. The number of H-pyrrole nitrogens is 1. The van der Waals surface area contributed by atoms with Crippen LogP contribution in [0.1, 0.15) is 5.56 Å². The monoisotopic (exact) mass is 362 g/mol. The number of hydrogen-bond donors (Lipinski definition) is 1. The van der Waals surface area contributed by atoms with E-state index in [1.165, 1.54) is 22.4 Å². The Hall–Kier alpha value is -2.38. The van der Waals surface area contributed by atoms with Crippen LogP contribution >= 0.6 is 11.6 Å². The third kappa shape index (κ3) is 4.58. The molecule has 8 heteroatoms. The van der Waals surface area contributed by atoms with Crippen molar-refractivity contribution in [1.82, 2.24) is 19.4 Å². The maximum absolute atomic E-state index is 12.3. The first-order valence-corrected chi connectivity index (χ1v) is 8.43. The van der Waals surface area contributed by atoms with E-state index in [1.807, 2.05) is 24.3 Å². The number of halogens is 1. The summed E-state index contributed by atoms with van der Waals surface area (Å²) in [5.74, 6) is -0.125. The molecule has 1 aliphatic rings. The second kappa shape index (κ2) is 7.67. The first kappa shape index (κ1) is 17.4. The Morgan fingerprint density at radius 3 is 2.36 bits per heavy atom. The quantitative estimate of drug-likeness (QED) is 0.860. The highest BCUT2D eigenvalue weighted by Gasteiger charge is 2.21. The van der Waals surface area contributed by atoms with Crippen LogP contribution in [0.25, 0.3) is 0 Å². The second-order valence-electron chi connectivity index (χ2n) is 6.02. The molecule has 0 bridgehead atoms. The molecule has 1 aromatic carbocycles. The number of nitrogens with one attached hydrogen (secondary N) is 1. The first-order chi connectivity index (χ1) is 12.0. The van der Waals surface area contributed by atoms with Crippen LogP contribution in [0.4, 0.5) is 0 Å². The summed E-state index contributed by atoms with van der Waals surface area (Å²) in [6.07, 6.45) is 1.34. The molecule has 0 radical (unpaired) electrons. The Balaban J connectivity index is 1.53. The van der Waals surface area contributed by atoms with E-state index in [9.17, 15) is 14.4 Å². The highest BCUT2D eigenvalue weighted by Crippen LogP contribution is 2.13. The molecule has 1 aromatic heterocycles. The zero-order valence-electron chi connectivity index (χ0n) is 13.7. The SMILES string of the molecule is O=C(Cn1ccc(=O)[nH]c1=O)N1CCN(Cc2ccc(Cl)cc2)CC1. The molecule has 0 spiro atoms. The number of hydrogen-bond acceptors (Lipinski definition) is 4. The van der Waals surface area contributed by atoms with Gasteiger partial charge in [0.15, 0.2) is 0 Å². The Morgan fingerprint density at radius 1 is 1.04 bits per heavy atom. The summed E-state index contributed by atoms with van der Waals surface area (Å²) in [6, 6.07) is 8.99. The molecule has 1 saturated heterocycles. The minimum atomic E-state index is -0.567. The van der Waals surface area contributed by atoms with Crippen molar-refractivity contribution < 1.29 is 4.79 Å². The maximum Gasteiger partial charge on any atom is 0.328 e. The van der Waals surface area contributed by atoms with Gasteiger partial charge in [-0.25, -0.2) is 4.79 Å². The lowest BCUT2D eigenvalue weighted by Crippen LogP contribution is -2.49. The fourth-order valence-corrected chi connectivity index (χ4v) is 2.94. The van der Waals surface area contributed by atoms with E-state index in [-0.39, 0.29) is 12.5 Å². The third-order valence-corrected chi connectivity index (χ3v) is 4.50. The molecule has 132 valence electrons. The lowest BCUT2D eigenvalue weighted by Gasteiger charge is -2.34. The average molecular weight is 363 g/mol. The minimum absolute atomic E-state index is 0.0627. The average Bonchev–Trinajstić information content (AvgIpc) is 2.60. The molecule has 25 heavy (non-hydrogen) atoms. The van der Waals surface area contributed by atoms with Crippen molar-refractivity contribution in [3.05, 3.63) is 68.0 Å². The van der Waals surface area contributed by atoms with Crippen LogP contribution in [-0.2, 0) is 17.9 Å². The molecule has 1 fully saturated rings. The Bertz CT molecular complexity index is 851. The predicted octanol–water partition coefficient (Wildman–Crippen LogP) is 0.534. The molecule has 2 aromatic rings. The number of nitrogens with zero attached hydrogens (tertiary/aromatic N) is 3. The fourth-order valence-electron chi connectivity index (χ4n) is 2.82. The lowest BCUT2D eigenvalue weighted by molar-refractivity contribution is -0.133. The summed E-state index contributed by atoms with van der Waals surface area (Å²) in [6.45, 7) is 3.53. The first-order valence-electron chi connectivity index (χ1n) is 8.05. The largest absolute Gasteiger partial charge is 0.339 e. The van der Waals surface area contributed by atoms with Crippen molar-refractivity contribution in [3.8, 4) is 0 Å². The smallest absolute Gasteiger partial charge is 0.328 e. The number of benzene rings is 1. The number of carbonyl (C=O) groups is 1. The second-order valence-corrected chi connectivity index (χ2v) is 6.46. The predicted molar refractivity (Wildman–Crippen MR) is 94.6 cm³/mol. The van der Waals surface area contributed by atoms with Crippen LogP contribution in [0.3, 0.4) is 0 Å². The van der Waals surface area contributed by atoms with Crippen molar-refractivity contribution in [2.24, 2.45) is 0 Å². The van der Waals surface area contributed by atoms with E-state index in [0.29, 0.717) is 13.1 Å². The van der Waals surface area contributed by atoms with E-state index in [4.69, 9.17) is 11.6 Å². The highest BCUT2D eigenvalue weighted by molar-refractivity contribution is 6.30. The topological polar surface area (TPSA) is 78.4 Å². The number of rotatable bonds is 4. The Labute approximate surface area is 149 Å². The van der Waals surface area contributed by atoms with E-state index < -0.39 is 11.2 Å². The van der Waals surface area contributed by atoms with Crippen molar-refractivity contribution in [2.45, 2.75) is 13.1 Å². The molecule has 1 N–H and O–H groups in total. The van der Waals surface area contributed by atoms with E-state index >= 15 is 0 Å². The van der Waals surface area contributed by atoms with Gasteiger partial charge >= 0.3 is 5.69 Å². The molecule has 0 atom stereocenters. The van der Waals surface area contributed by atoms with Gasteiger partial charge in [0, 0.05) is 50.0 Å². The molecular formula is C17H19ClN4O3. The molecule has 0 aliphatic carbocycles. The van der Waals surface area contributed by atoms with Gasteiger partial charge in [0.05, 0.1) is 0 Å². The van der Waals surface area contributed by atoms with Crippen LogP contribution in [0.2, 0.25) is 5.02 Å². The van der Waals surface area contributed by atoms with E-state index in [2.05, 4.69) is 9.88 Å². The number of amides is 1. The van der Waals surface area contributed by atoms with Crippen LogP contribution in [0, 0.1) is 0 Å². The van der Waals surface area contributed by atoms with Gasteiger partial charge in [-0.1, -0.05) is 23.7 Å². The number of aromatic amines is 1. The summed E-state index contributed by atoms with van der Waals surface area (Å²) < 4.78 is 1.21. The number of aromatic nitrogens is 2. The van der Waals surface area contributed by atoms with Crippen LogP contribution in [-0.4, -0.2) is 51.4 Å². The van der Waals surface area contributed by atoms with Gasteiger partial charge in [-0.2, -0.15) is 0 Å². The van der Waals surface area contributed by atoms with E-state index in [1.54, 1.807) is 4.90 Å². The molecule has 0 saturated carbocycles. The van der Waals surface area contributed by atoms with Gasteiger partial charge in [0.1, 0.15) is 6.54 Å². The zero-order chi connectivity index (χ0) is 17.8. The maximum atomic E-state index is 12.3. The summed E-state index contributed by atoms with van der Waals surface area (Å²) >= 11 is 5.89. The minimum Gasteiger partial charge on any atom is -0.339 e. The van der Waals surface area contributed by atoms with Gasteiger partial charge in [-0.3, -0.25) is 24.0 Å². The summed E-state index contributed by atoms with van der Waals surface area (Å²) in [5.41, 5.74) is 0.149. The van der Waals surface area contributed by atoms with Crippen molar-refractivity contribution >= 4 is 17.5 Å². The summed E-state index contributed by atoms with van der Waals surface area (Å²) in [4.78, 5) is 41.2. The summed E-state index contributed by atoms with van der Waals surface area (Å²) in [5, 5.41) is 0.719. The van der Waals surface area contributed by atoms with Gasteiger partial charge in [-0.15, -0.1) is 0 Å². The van der Waals surface area contributed by atoms with Crippen LogP contribution in [0.5, 0.6) is 0 Å². The van der Waals surface area contributed by atoms with Gasteiger partial charge in [-0.05, 0) is 17.7 Å². The number of piperazine rings is 1. The third-order valence-electron chi connectivity index (χ3n) is 4.25.